The van der Waals surface area contributed by atoms with E-state index in [0.717, 1.165) is 11.1 Å². The molecule has 4 nitrogen and oxygen atoms in total. The van der Waals surface area contributed by atoms with E-state index in [1.165, 1.54) is 29.7 Å². The fraction of sp³-hybridized carbons (Fsp3) is 0.375. The Balaban J connectivity index is 1.95. The van der Waals surface area contributed by atoms with Crippen molar-refractivity contribution in [2.45, 2.75) is 25.3 Å². The van der Waals surface area contributed by atoms with Gasteiger partial charge in [0.05, 0.1) is 16.7 Å². The first-order valence-corrected chi connectivity index (χ1v) is 8.10. The molecule has 1 aliphatic heterocycles. The van der Waals surface area contributed by atoms with E-state index in [1.807, 2.05) is 6.92 Å². The average Bonchev–Trinajstić information content (AvgIpc) is 2.94. The van der Waals surface area contributed by atoms with E-state index >= 15 is 0 Å². The van der Waals surface area contributed by atoms with E-state index in [4.69, 9.17) is 4.74 Å². The Morgan fingerprint density at radius 3 is 2.70 bits per heavy atom. The third-order valence-corrected chi connectivity index (χ3v) is 4.90. The lowest BCUT2D eigenvalue weighted by Gasteiger charge is -2.38. The third kappa shape index (κ3) is 3.25. The number of halogens is 2. The van der Waals surface area contributed by atoms with Crippen molar-refractivity contribution in [1.82, 2.24) is 10.3 Å². The topological polar surface area (TPSA) is 51.2 Å². The molecule has 1 aromatic heterocycles. The Morgan fingerprint density at radius 2 is 2.09 bits per heavy atom. The van der Waals surface area contributed by atoms with Gasteiger partial charge in [-0.25, -0.2) is 13.8 Å². The van der Waals surface area contributed by atoms with Crippen LogP contribution in [0.25, 0.3) is 0 Å². The van der Waals surface area contributed by atoms with Gasteiger partial charge in [-0.15, -0.1) is 11.3 Å². The van der Waals surface area contributed by atoms with Gasteiger partial charge < -0.3 is 10.1 Å². The lowest BCUT2D eigenvalue weighted by molar-refractivity contribution is 0.0334. The predicted octanol–water partition coefficient (Wildman–Crippen LogP) is 3.17. The minimum absolute atomic E-state index is 0.289. The van der Waals surface area contributed by atoms with Crippen LogP contribution in [0.1, 0.15) is 33.1 Å². The van der Waals surface area contributed by atoms with E-state index in [9.17, 15) is 13.6 Å². The van der Waals surface area contributed by atoms with E-state index in [0.29, 0.717) is 30.9 Å². The summed E-state index contributed by atoms with van der Waals surface area (Å²) in [5, 5.41) is 3.71. The highest BCUT2D eigenvalue weighted by atomic mass is 32.1. The van der Waals surface area contributed by atoms with Crippen molar-refractivity contribution in [3.63, 3.8) is 0 Å². The first-order chi connectivity index (χ1) is 11.0. The van der Waals surface area contributed by atoms with Gasteiger partial charge in [-0.3, -0.25) is 4.79 Å². The van der Waals surface area contributed by atoms with Crippen molar-refractivity contribution in [3.05, 3.63) is 51.5 Å². The Bertz CT molecular complexity index is 727. The van der Waals surface area contributed by atoms with Gasteiger partial charge in [-0.05, 0) is 25.8 Å². The molecule has 0 saturated carbocycles. The minimum Gasteiger partial charge on any atom is -0.381 e. The van der Waals surface area contributed by atoms with Gasteiger partial charge in [0, 0.05) is 24.8 Å². The molecule has 0 bridgehead atoms. The molecule has 1 N–H and O–H groups in total. The number of thiazole rings is 1. The molecule has 23 heavy (non-hydrogen) atoms. The van der Waals surface area contributed by atoms with E-state index in [-0.39, 0.29) is 11.5 Å². The minimum atomic E-state index is -0.898. The summed E-state index contributed by atoms with van der Waals surface area (Å²) < 4.78 is 32.8. The highest BCUT2D eigenvalue weighted by molar-refractivity contribution is 7.13. The van der Waals surface area contributed by atoms with E-state index < -0.39 is 17.2 Å². The van der Waals surface area contributed by atoms with Crippen LogP contribution in [0, 0.1) is 18.6 Å². The van der Waals surface area contributed by atoms with Crippen molar-refractivity contribution in [1.29, 1.82) is 0 Å². The molecule has 1 aromatic carbocycles. The molecule has 0 spiro atoms. The second-order valence-electron chi connectivity index (χ2n) is 5.52. The van der Waals surface area contributed by atoms with Crippen molar-refractivity contribution in [2.75, 3.05) is 13.2 Å². The van der Waals surface area contributed by atoms with E-state index in [1.54, 1.807) is 0 Å². The Kier molecular flexibility index (Phi) is 4.41. The van der Waals surface area contributed by atoms with Crippen LogP contribution in [-0.4, -0.2) is 24.1 Å². The molecule has 0 unspecified atom stereocenters. The fourth-order valence-corrected chi connectivity index (χ4v) is 3.48. The van der Waals surface area contributed by atoms with Crippen LogP contribution in [-0.2, 0) is 10.3 Å². The predicted molar refractivity (Wildman–Crippen MR) is 82.4 cm³/mol. The molecule has 0 atom stereocenters. The van der Waals surface area contributed by atoms with Gasteiger partial charge in [-0.1, -0.05) is 6.07 Å². The van der Waals surface area contributed by atoms with Crippen LogP contribution < -0.4 is 5.32 Å². The highest BCUT2D eigenvalue weighted by Crippen LogP contribution is 2.34. The van der Waals surface area contributed by atoms with Crippen molar-refractivity contribution >= 4 is 17.2 Å². The van der Waals surface area contributed by atoms with Gasteiger partial charge in [0.25, 0.3) is 5.91 Å². The van der Waals surface area contributed by atoms with Crippen molar-refractivity contribution in [3.8, 4) is 0 Å². The lowest BCUT2D eigenvalue weighted by Crippen LogP contribution is -2.49. The summed E-state index contributed by atoms with van der Waals surface area (Å²) in [4.78, 5) is 17.0. The largest absolute Gasteiger partial charge is 0.381 e. The molecule has 7 heteroatoms. The summed E-state index contributed by atoms with van der Waals surface area (Å²) in [5.74, 6) is -1.60. The number of carbonyl (C=O) groups excluding carboxylic acids is 1. The van der Waals surface area contributed by atoms with Gasteiger partial charge in [-0.2, -0.15) is 0 Å². The SMILES string of the molecule is Cc1ncc(C(=O)NC2(c3ccc(F)cc3F)CCOCC2)s1. The molecule has 3 rings (SSSR count). The number of nitrogens with zero attached hydrogens (tertiary/aromatic N) is 1. The molecule has 122 valence electrons. The lowest BCUT2D eigenvalue weighted by atomic mass is 9.82. The second-order valence-corrected chi connectivity index (χ2v) is 6.75. The molecule has 0 radical (unpaired) electrons. The summed E-state index contributed by atoms with van der Waals surface area (Å²) in [5.41, 5.74) is -0.609. The Hall–Kier alpha value is -1.86. The van der Waals surface area contributed by atoms with Crippen LogP contribution in [0.15, 0.2) is 24.4 Å². The highest BCUT2D eigenvalue weighted by Gasteiger charge is 2.38. The average molecular weight is 338 g/mol. The number of hydrogen-bond acceptors (Lipinski definition) is 4. The van der Waals surface area contributed by atoms with Crippen LogP contribution in [0.3, 0.4) is 0 Å². The van der Waals surface area contributed by atoms with Crippen LogP contribution in [0.4, 0.5) is 8.78 Å². The molecule has 2 aromatic rings. The van der Waals surface area contributed by atoms with Gasteiger partial charge >= 0.3 is 0 Å². The van der Waals surface area contributed by atoms with Gasteiger partial charge in [0.1, 0.15) is 16.5 Å². The molecular weight excluding hydrogens is 322 g/mol. The third-order valence-electron chi connectivity index (χ3n) is 3.99. The maximum absolute atomic E-state index is 14.3. The summed E-state index contributed by atoms with van der Waals surface area (Å²) in [6.07, 6.45) is 2.36. The second kappa shape index (κ2) is 6.33. The summed E-state index contributed by atoms with van der Waals surface area (Å²) >= 11 is 1.28. The number of hydrogen-bond donors (Lipinski definition) is 1. The number of amides is 1. The summed E-state index contributed by atoms with van der Waals surface area (Å²) in [6, 6.07) is 3.45. The first-order valence-electron chi connectivity index (χ1n) is 7.28. The van der Waals surface area contributed by atoms with E-state index in [2.05, 4.69) is 10.3 Å². The normalized spacial score (nSPS) is 17.0. The van der Waals surface area contributed by atoms with Gasteiger partial charge in [0.15, 0.2) is 0 Å². The quantitative estimate of drug-likeness (QED) is 0.935. The molecule has 1 fully saturated rings. The number of nitrogens with one attached hydrogen (secondary N) is 1. The number of aromatic nitrogens is 1. The number of carbonyl (C=O) groups is 1. The number of rotatable bonds is 3. The zero-order chi connectivity index (χ0) is 16.4. The first kappa shape index (κ1) is 16.0. The van der Waals surface area contributed by atoms with Gasteiger partial charge in [0.2, 0.25) is 0 Å². The van der Waals surface area contributed by atoms with Crippen LogP contribution >= 0.6 is 11.3 Å². The molecule has 2 heterocycles. The summed E-state index contributed by atoms with van der Waals surface area (Å²) in [6.45, 7) is 2.61. The maximum Gasteiger partial charge on any atom is 0.263 e. The number of aryl methyl sites for hydroxylation is 1. The molecular formula is C16H16F2N2O2S. The monoisotopic (exact) mass is 338 g/mol. The van der Waals surface area contributed by atoms with Crippen molar-refractivity contribution in [2.24, 2.45) is 0 Å². The fourth-order valence-electron chi connectivity index (χ4n) is 2.80. The number of benzene rings is 1. The standard InChI is InChI=1S/C16H16F2N2O2S/c1-10-19-9-14(23-10)15(21)20-16(4-6-22-7-5-16)12-3-2-11(17)8-13(12)18/h2-3,8-9H,4-7H2,1H3,(H,20,21). The molecule has 1 amide bonds. The van der Waals surface area contributed by atoms with Crippen LogP contribution in [0.2, 0.25) is 0 Å². The van der Waals surface area contributed by atoms with Crippen molar-refractivity contribution < 1.29 is 18.3 Å². The summed E-state index contributed by atoms with van der Waals surface area (Å²) in [7, 11) is 0. The molecule has 1 saturated heterocycles. The molecule has 1 aliphatic rings. The Labute approximate surface area is 136 Å². The zero-order valence-corrected chi connectivity index (χ0v) is 13.4. The Morgan fingerprint density at radius 1 is 1.35 bits per heavy atom. The van der Waals surface area contributed by atoms with Crippen LogP contribution in [0.5, 0.6) is 0 Å². The zero-order valence-electron chi connectivity index (χ0n) is 12.6. The molecule has 0 aliphatic carbocycles. The number of ether oxygens (including phenoxy) is 1. The smallest absolute Gasteiger partial charge is 0.263 e. The maximum atomic E-state index is 14.3.